The average molecular weight is 187 g/mol. The van der Waals surface area contributed by atoms with Gasteiger partial charge < -0.3 is 4.74 Å². The predicted molar refractivity (Wildman–Crippen MR) is 45.1 cm³/mol. The molecule has 0 N–H and O–H groups in total. The lowest BCUT2D eigenvalue weighted by Crippen LogP contribution is -2.27. The maximum atomic E-state index is 11.4. The molecule has 0 amide bonds. The van der Waals surface area contributed by atoms with E-state index in [2.05, 4.69) is 5.10 Å². The van der Waals surface area contributed by atoms with Crippen molar-refractivity contribution in [3.8, 4) is 0 Å². The maximum absolute atomic E-state index is 11.4. The molecular weight excluding hydrogens is 178 g/mol. The largest absolute Gasteiger partial charge is 0.372 e. The Hall–Kier alpha value is -0.750. The van der Waals surface area contributed by atoms with Crippen molar-refractivity contribution in [2.24, 2.45) is 0 Å². The van der Waals surface area contributed by atoms with E-state index in [1.165, 1.54) is 16.0 Å². The van der Waals surface area contributed by atoms with E-state index in [1.807, 2.05) is 6.26 Å². The average Bonchev–Trinajstić information content (AvgIpc) is 2.44. The number of hydrogen-bond donors (Lipinski definition) is 0. The Balaban J connectivity index is 2.52. The van der Waals surface area contributed by atoms with Gasteiger partial charge in [-0.1, -0.05) is 0 Å². The first-order valence-electron chi connectivity index (χ1n) is 3.64. The molecule has 1 aliphatic rings. The van der Waals surface area contributed by atoms with Crippen LogP contribution < -0.4 is 5.69 Å². The zero-order valence-electron chi connectivity index (χ0n) is 6.69. The first kappa shape index (κ1) is 7.88. The molecule has 0 aromatic carbocycles. The molecule has 0 saturated heterocycles. The second kappa shape index (κ2) is 2.95. The van der Waals surface area contributed by atoms with E-state index in [1.54, 1.807) is 4.57 Å². The maximum Gasteiger partial charge on any atom is 0.356 e. The van der Waals surface area contributed by atoms with Crippen LogP contribution >= 0.6 is 11.9 Å². The normalized spacial score (nSPS) is 16.1. The minimum absolute atomic E-state index is 0.0548. The van der Waals surface area contributed by atoms with E-state index in [-0.39, 0.29) is 5.69 Å². The highest BCUT2D eigenvalue weighted by Crippen LogP contribution is 2.04. The lowest BCUT2D eigenvalue weighted by Gasteiger charge is -2.10. The van der Waals surface area contributed by atoms with Crippen LogP contribution in [0.4, 0.5) is 0 Å². The Labute approximate surface area is 73.5 Å². The van der Waals surface area contributed by atoms with Crippen LogP contribution in [0.2, 0.25) is 0 Å². The van der Waals surface area contributed by atoms with E-state index >= 15 is 0 Å². The summed E-state index contributed by atoms with van der Waals surface area (Å²) in [6.07, 6.45) is 1.82. The molecular formula is C6H9N3O2S. The van der Waals surface area contributed by atoms with Gasteiger partial charge in [0.2, 0.25) is 0 Å². The third-order valence-corrected chi connectivity index (χ3v) is 2.36. The topological polar surface area (TPSA) is 49.0 Å². The minimum Gasteiger partial charge on any atom is -0.372 e. The van der Waals surface area contributed by atoms with Crippen LogP contribution in [0.5, 0.6) is 0 Å². The van der Waals surface area contributed by atoms with Crippen molar-refractivity contribution in [1.82, 2.24) is 13.8 Å². The zero-order valence-corrected chi connectivity index (χ0v) is 7.50. The van der Waals surface area contributed by atoms with Crippen LogP contribution in [0.25, 0.3) is 0 Å². The molecule has 12 heavy (non-hydrogen) atoms. The Kier molecular flexibility index (Phi) is 1.93. The number of hydrogen-bond acceptors (Lipinski definition) is 4. The first-order chi connectivity index (χ1) is 5.83. The zero-order chi connectivity index (χ0) is 8.55. The van der Waals surface area contributed by atoms with Crippen molar-refractivity contribution >= 4 is 11.9 Å². The van der Waals surface area contributed by atoms with Gasteiger partial charge in [0.05, 0.1) is 13.2 Å². The molecule has 2 rings (SSSR count). The summed E-state index contributed by atoms with van der Waals surface area (Å²) < 4.78 is 8.20. The van der Waals surface area contributed by atoms with Crippen LogP contribution in [-0.4, -0.2) is 26.6 Å². The van der Waals surface area contributed by atoms with Crippen LogP contribution in [0.3, 0.4) is 0 Å². The molecule has 0 bridgehead atoms. The van der Waals surface area contributed by atoms with Crippen molar-refractivity contribution in [3.05, 3.63) is 16.3 Å². The van der Waals surface area contributed by atoms with Crippen molar-refractivity contribution in [1.29, 1.82) is 0 Å². The third-order valence-electron chi connectivity index (χ3n) is 1.78. The van der Waals surface area contributed by atoms with E-state index in [4.69, 9.17) is 4.74 Å². The second-order valence-corrected chi connectivity index (χ2v) is 3.17. The standard InChI is InChI=1S/C6H9N3O2S/c1-12-9-6(10)8-2-3-11-4-5(8)7-9/h2-4H2,1H3. The molecule has 2 heterocycles. The van der Waals surface area contributed by atoms with Crippen LogP contribution in [-0.2, 0) is 17.9 Å². The highest BCUT2D eigenvalue weighted by Gasteiger charge is 2.16. The molecule has 1 aromatic rings. The Morgan fingerprint density at radius 3 is 3.17 bits per heavy atom. The van der Waals surface area contributed by atoms with Gasteiger partial charge in [0.15, 0.2) is 5.82 Å². The summed E-state index contributed by atoms with van der Waals surface area (Å²) in [5.74, 6) is 0.723. The smallest absolute Gasteiger partial charge is 0.356 e. The summed E-state index contributed by atoms with van der Waals surface area (Å²) >= 11 is 1.31. The fourth-order valence-corrected chi connectivity index (χ4v) is 1.62. The van der Waals surface area contributed by atoms with Gasteiger partial charge in [-0.05, 0) is 11.9 Å². The SMILES string of the molecule is CSn1nc2n(c1=O)CCOC2. The van der Waals surface area contributed by atoms with E-state index in [0.717, 1.165) is 5.82 Å². The molecule has 0 spiro atoms. The Bertz CT molecular complexity index is 343. The van der Waals surface area contributed by atoms with Crippen molar-refractivity contribution < 1.29 is 4.74 Å². The van der Waals surface area contributed by atoms with Gasteiger partial charge in [-0.3, -0.25) is 4.57 Å². The summed E-state index contributed by atoms with van der Waals surface area (Å²) in [4.78, 5) is 11.4. The molecule has 0 aliphatic carbocycles. The molecule has 1 aromatic heterocycles. The monoisotopic (exact) mass is 187 g/mol. The highest BCUT2D eigenvalue weighted by molar-refractivity contribution is 7.97. The molecule has 0 unspecified atom stereocenters. The van der Waals surface area contributed by atoms with Crippen molar-refractivity contribution in [3.63, 3.8) is 0 Å². The first-order valence-corrected chi connectivity index (χ1v) is 4.82. The fraction of sp³-hybridized carbons (Fsp3) is 0.667. The quantitative estimate of drug-likeness (QED) is 0.605. The lowest BCUT2D eigenvalue weighted by molar-refractivity contribution is 0.0805. The number of aromatic nitrogens is 3. The molecule has 0 radical (unpaired) electrons. The highest BCUT2D eigenvalue weighted by atomic mass is 32.2. The molecule has 5 nitrogen and oxygen atoms in total. The Morgan fingerprint density at radius 1 is 1.67 bits per heavy atom. The van der Waals surface area contributed by atoms with Crippen LogP contribution in [0.15, 0.2) is 4.79 Å². The number of rotatable bonds is 1. The summed E-state index contributed by atoms with van der Waals surface area (Å²) in [6.45, 7) is 1.67. The van der Waals surface area contributed by atoms with E-state index in [0.29, 0.717) is 19.8 Å². The van der Waals surface area contributed by atoms with Gasteiger partial charge in [-0.25, -0.2) is 4.79 Å². The van der Waals surface area contributed by atoms with Crippen LogP contribution in [0, 0.1) is 0 Å². The van der Waals surface area contributed by atoms with Crippen molar-refractivity contribution in [2.75, 3.05) is 12.9 Å². The molecule has 66 valence electrons. The molecule has 0 saturated carbocycles. The molecule has 0 atom stereocenters. The summed E-state index contributed by atoms with van der Waals surface area (Å²) in [6, 6.07) is 0. The van der Waals surface area contributed by atoms with E-state index in [9.17, 15) is 4.79 Å². The molecule has 0 fully saturated rings. The fourth-order valence-electron chi connectivity index (χ4n) is 1.18. The van der Waals surface area contributed by atoms with Gasteiger partial charge in [0.1, 0.15) is 6.61 Å². The van der Waals surface area contributed by atoms with Crippen LogP contribution in [0.1, 0.15) is 5.82 Å². The van der Waals surface area contributed by atoms with Crippen molar-refractivity contribution in [2.45, 2.75) is 13.2 Å². The van der Waals surface area contributed by atoms with Gasteiger partial charge >= 0.3 is 5.69 Å². The molecule has 6 heteroatoms. The number of fused-ring (bicyclic) bond motifs is 1. The van der Waals surface area contributed by atoms with Gasteiger partial charge in [-0.2, -0.15) is 4.09 Å². The van der Waals surface area contributed by atoms with E-state index < -0.39 is 0 Å². The minimum atomic E-state index is -0.0548. The molecule has 1 aliphatic heterocycles. The second-order valence-electron chi connectivity index (χ2n) is 2.46. The lowest BCUT2D eigenvalue weighted by atomic mass is 10.5. The summed E-state index contributed by atoms with van der Waals surface area (Å²) in [7, 11) is 0. The Morgan fingerprint density at radius 2 is 2.50 bits per heavy atom. The van der Waals surface area contributed by atoms with Gasteiger partial charge in [0, 0.05) is 6.26 Å². The van der Waals surface area contributed by atoms with Gasteiger partial charge in [0.25, 0.3) is 0 Å². The number of nitrogens with zero attached hydrogens (tertiary/aromatic N) is 3. The van der Waals surface area contributed by atoms with Gasteiger partial charge in [-0.15, -0.1) is 5.10 Å². The summed E-state index contributed by atoms with van der Waals surface area (Å²) in [5.41, 5.74) is -0.0548. The third kappa shape index (κ3) is 1.07. The number of ether oxygens (including phenoxy) is 1. The predicted octanol–water partition coefficient (Wildman–Crippen LogP) is -0.299. The summed E-state index contributed by atoms with van der Waals surface area (Å²) in [5, 5.41) is 4.07.